The Hall–Kier alpha value is -1.49. The van der Waals surface area contributed by atoms with Crippen LogP contribution in [0.2, 0.25) is 0 Å². The first-order valence-electron chi connectivity index (χ1n) is 7.96. The first-order valence-corrected chi connectivity index (χ1v) is 7.96. The predicted molar refractivity (Wildman–Crippen MR) is 84.6 cm³/mol. The molecule has 1 aliphatic rings. The zero-order valence-corrected chi connectivity index (χ0v) is 13.1. The number of nitrogens with one attached hydrogen (secondary N) is 2. The fourth-order valence-corrected chi connectivity index (χ4v) is 2.23. The van der Waals surface area contributed by atoms with Gasteiger partial charge in [-0.1, -0.05) is 6.92 Å². The summed E-state index contributed by atoms with van der Waals surface area (Å²) < 4.78 is 11.0. The van der Waals surface area contributed by atoms with E-state index in [0.29, 0.717) is 6.04 Å². The third kappa shape index (κ3) is 5.79. The Bertz CT molecular complexity index is 411. The summed E-state index contributed by atoms with van der Waals surface area (Å²) >= 11 is 0. The second-order valence-electron chi connectivity index (χ2n) is 5.53. The highest BCUT2D eigenvalue weighted by atomic mass is 16.5. The Labute approximate surface area is 127 Å². The summed E-state index contributed by atoms with van der Waals surface area (Å²) in [5.74, 6) is 1.86. The molecule has 2 N–H and O–H groups in total. The molecule has 0 amide bonds. The van der Waals surface area contributed by atoms with Gasteiger partial charge in [-0.25, -0.2) is 0 Å². The molecule has 2 rings (SSSR count). The first kappa shape index (κ1) is 15.9. The van der Waals surface area contributed by atoms with Gasteiger partial charge in [0.15, 0.2) is 5.96 Å². The standard InChI is InChI=1S/C16H27N3O2/c1-3-13(2)19-16(18-12-15-7-5-11-21-15)17-9-8-14-6-4-10-20-14/h4,6,10,13,15H,3,5,7-9,11-12H2,1-2H3,(H2,17,18,19). The first-order chi connectivity index (χ1) is 10.3. The van der Waals surface area contributed by atoms with Crippen molar-refractivity contribution in [2.75, 3.05) is 19.7 Å². The number of nitrogens with zero attached hydrogens (tertiary/aromatic N) is 1. The van der Waals surface area contributed by atoms with Crippen LogP contribution in [0.3, 0.4) is 0 Å². The molecular weight excluding hydrogens is 266 g/mol. The van der Waals surface area contributed by atoms with Crippen LogP contribution in [0.15, 0.2) is 27.8 Å². The molecule has 1 aromatic heterocycles. The second-order valence-corrected chi connectivity index (χ2v) is 5.53. The summed E-state index contributed by atoms with van der Waals surface area (Å²) in [5.41, 5.74) is 0. The average Bonchev–Trinajstić information content (AvgIpc) is 3.17. The van der Waals surface area contributed by atoms with E-state index in [1.54, 1.807) is 6.26 Å². The highest BCUT2D eigenvalue weighted by Gasteiger charge is 2.15. The monoisotopic (exact) mass is 293 g/mol. The van der Waals surface area contributed by atoms with Crippen LogP contribution in [-0.2, 0) is 11.2 Å². The molecule has 0 radical (unpaired) electrons. The van der Waals surface area contributed by atoms with Crippen molar-refractivity contribution in [3.8, 4) is 0 Å². The Morgan fingerprint density at radius 2 is 2.43 bits per heavy atom. The lowest BCUT2D eigenvalue weighted by atomic mass is 10.2. The number of hydrogen-bond donors (Lipinski definition) is 2. The van der Waals surface area contributed by atoms with Crippen molar-refractivity contribution >= 4 is 5.96 Å². The number of hydrogen-bond acceptors (Lipinski definition) is 3. The van der Waals surface area contributed by atoms with E-state index in [0.717, 1.165) is 57.1 Å². The Kier molecular flexibility index (Phi) is 6.60. The van der Waals surface area contributed by atoms with Gasteiger partial charge in [-0.3, -0.25) is 4.99 Å². The van der Waals surface area contributed by atoms with Gasteiger partial charge in [0.05, 0.1) is 18.9 Å². The molecule has 5 nitrogen and oxygen atoms in total. The molecule has 2 heterocycles. The normalized spacial score (nSPS) is 20.5. The van der Waals surface area contributed by atoms with Crippen LogP contribution >= 0.6 is 0 Å². The van der Waals surface area contributed by atoms with Crippen molar-refractivity contribution in [3.05, 3.63) is 24.2 Å². The lowest BCUT2D eigenvalue weighted by Crippen LogP contribution is -2.43. The molecule has 1 fully saturated rings. The molecule has 0 spiro atoms. The van der Waals surface area contributed by atoms with Gasteiger partial charge in [0.25, 0.3) is 0 Å². The molecular formula is C16H27N3O2. The molecule has 0 saturated carbocycles. The quantitative estimate of drug-likeness (QED) is 0.598. The van der Waals surface area contributed by atoms with Crippen LogP contribution in [0.1, 0.15) is 38.9 Å². The third-order valence-electron chi connectivity index (χ3n) is 3.72. The summed E-state index contributed by atoms with van der Waals surface area (Å²) in [6, 6.07) is 4.32. The molecule has 0 aliphatic carbocycles. The highest BCUT2D eigenvalue weighted by Crippen LogP contribution is 2.11. The van der Waals surface area contributed by atoms with E-state index in [4.69, 9.17) is 9.15 Å². The van der Waals surface area contributed by atoms with E-state index in [9.17, 15) is 0 Å². The van der Waals surface area contributed by atoms with Crippen molar-refractivity contribution in [3.63, 3.8) is 0 Å². The topological polar surface area (TPSA) is 58.8 Å². The lowest BCUT2D eigenvalue weighted by molar-refractivity contribution is 0.117. The smallest absolute Gasteiger partial charge is 0.191 e. The molecule has 2 atom stereocenters. The molecule has 21 heavy (non-hydrogen) atoms. The number of ether oxygens (including phenoxy) is 1. The SMILES string of the molecule is CCC(C)NC(=NCC1CCCO1)NCCc1ccco1. The minimum atomic E-state index is 0.283. The second kappa shape index (κ2) is 8.72. The van der Waals surface area contributed by atoms with Crippen molar-refractivity contribution in [2.24, 2.45) is 4.99 Å². The van der Waals surface area contributed by atoms with Gasteiger partial charge in [0.1, 0.15) is 5.76 Å². The van der Waals surface area contributed by atoms with E-state index in [-0.39, 0.29) is 6.10 Å². The predicted octanol–water partition coefficient (Wildman–Crippen LogP) is 2.33. The van der Waals surface area contributed by atoms with E-state index in [2.05, 4.69) is 29.5 Å². The summed E-state index contributed by atoms with van der Waals surface area (Å²) in [5, 5.41) is 6.79. The Morgan fingerprint density at radius 3 is 3.10 bits per heavy atom. The summed E-state index contributed by atoms with van der Waals surface area (Å²) in [4.78, 5) is 4.65. The molecule has 5 heteroatoms. The average molecular weight is 293 g/mol. The van der Waals surface area contributed by atoms with Gasteiger partial charge in [-0.2, -0.15) is 0 Å². The van der Waals surface area contributed by atoms with Gasteiger partial charge < -0.3 is 19.8 Å². The Balaban J connectivity index is 1.80. The number of furan rings is 1. The largest absolute Gasteiger partial charge is 0.469 e. The Morgan fingerprint density at radius 1 is 1.52 bits per heavy atom. The van der Waals surface area contributed by atoms with Crippen LogP contribution in [0.4, 0.5) is 0 Å². The fraction of sp³-hybridized carbons (Fsp3) is 0.688. The summed E-state index contributed by atoms with van der Waals surface area (Å²) in [7, 11) is 0. The van der Waals surface area contributed by atoms with Crippen molar-refractivity contribution in [1.29, 1.82) is 0 Å². The maximum absolute atomic E-state index is 5.62. The third-order valence-corrected chi connectivity index (χ3v) is 3.72. The van der Waals surface area contributed by atoms with Crippen LogP contribution in [0.5, 0.6) is 0 Å². The minimum absolute atomic E-state index is 0.283. The van der Waals surface area contributed by atoms with Crippen LogP contribution < -0.4 is 10.6 Å². The number of guanidine groups is 1. The van der Waals surface area contributed by atoms with Crippen molar-refractivity contribution in [2.45, 2.75) is 51.7 Å². The number of rotatable bonds is 7. The van der Waals surface area contributed by atoms with E-state index in [1.807, 2.05) is 12.1 Å². The minimum Gasteiger partial charge on any atom is -0.469 e. The van der Waals surface area contributed by atoms with Crippen LogP contribution in [-0.4, -0.2) is 37.8 Å². The van der Waals surface area contributed by atoms with Gasteiger partial charge in [-0.15, -0.1) is 0 Å². The molecule has 1 aromatic rings. The van der Waals surface area contributed by atoms with E-state index < -0.39 is 0 Å². The van der Waals surface area contributed by atoms with Gasteiger partial charge >= 0.3 is 0 Å². The van der Waals surface area contributed by atoms with Crippen LogP contribution in [0, 0.1) is 0 Å². The highest BCUT2D eigenvalue weighted by molar-refractivity contribution is 5.80. The maximum atomic E-state index is 5.62. The molecule has 0 aromatic carbocycles. The molecule has 118 valence electrons. The molecule has 0 bridgehead atoms. The van der Waals surface area contributed by atoms with E-state index in [1.165, 1.54) is 0 Å². The summed E-state index contributed by atoms with van der Waals surface area (Å²) in [6.45, 7) is 6.74. The van der Waals surface area contributed by atoms with Crippen molar-refractivity contribution in [1.82, 2.24) is 10.6 Å². The summed E-state index contributed by atoms with van der Waals surface area (Å²) in [6.07, 6.45) is 6.18. The number of aliphatic imine (C=N–C) groups is 1. The molecule has 2 unspecified atom stereocenters. The lowest BCUT2D eigenvalue weighted by Gasteiger charge is -2.17. The van der Waals surface area contributed by atoms with Crippen LogP contribution in [0.25, 0.3) is 0 Å². The zero-order chi connectivity index (χ0) is 14.9. The van der Waals surface area contributed by atoms with Gasteiger partial charge in [-0.05, 0) is 38.3 Å². The van der Waals surface area contributed by atoms with Gasteiger partial charge in [0.2, 0.25) is 0 Å². The molecule has 1 aliphatic heterocycles. The van der Waals surface area contributed by atoms with Gasteiger partial charge in [0, 0.05) is 25.6 Å². The van der Waals surface area contributed by atoms with Crippen molar-refractivity contribution < 1.29 is 9.15 Å². The maximum Gasteiger partial charge on any atom is 0.191 e. The fourth-order valence-electron chi connectivity index (χ4n) is 2.23. The van der Waals surface area contributed by atoms with E-state index >= 15 is 0 Å². The molecule has 1 saturated heterocycles. The zero-order valence-electron chi connectivity index (χ0n) is 13.1.